The van der Waals surface area contributed by atoms with Crippen LogP contribution >= 0.6 is 0 Å². The molecule has 0 aliphatic carbocycles. The van der Waals surface area contributed by atoms with Gasteiger partial charge in [-0.25, -0.2) is 27.3 Å². The van der Waals surface area contributed by atoms with Crippen LogP contribution in [0.5, 0.6) is 0 Å². The molecule has 39 heavy (non-hydrogen) atoms. The van der Waals surface area contributed by atoms with Gasteiger partial charge in [0.05, 0.1) is 16.6 Å². The van der Waals surface area contributed by atoms with Crippen molar-refractivity contribution in [2.24, 2.45) is 0 Å². The fourth-order valence-corrected chi connectivity index (χ4v) is 4.56. The predicted octanol–water partition coefficient (Wildman–Crippen LogP) is 4.14. The van der Waals surface area contributed by atoms with Crippen molar-refractivity contribution in [1.29, 1.82) is 0 Å². The number of hydrogen-bond donors (Lipinski definition) is 2. The molecule has 0 atom stereocenters. The van der Waals surface area contributed by atoms with Gasteiger partial charge in [0, 0.05) is 30.9 Å². The van der Waals surface area contributed by atoms with Crippen LogP contribution in [0.25, 0.3) is 16.7 Å². The number of fused-ring (bicyclic) bond motifs is 1. The van der Waals surface area contributed by atoms with Crippen LogP contribution in [0.1, 0.15) is 29.8 Å². The van der Waals surface area contributed by atoms with E-state index in [0.29, 0.717) is 19.2 Å². The molecule has 2 aromatic heterocycles. The van der Waals surface area contributed by atoms with Crippen LogP contribution in [-0.2, 0) is 5.54 Å². The zero-order chi connectivity index (χ0) is 28.1. The summed E-state index contributed by atoms with van der Waals surface area (Å²) in [5, 5.41) is 4.99. The highest BCUT2D eigenvalue weighted by molar-refractivity contribution is 5.98. The van der Waals surface area contributed by atoms with Crippen LogP contribution in [0.15, 0.2) is 59.5 Å². The molecule has 12 heteroatoms. The summed E-state index contributed by atoms with van der Waals surface area (Å²) in [4.78, 5) is 44.7. The van der Waals surface area contributed by atoms with E-state index in [-0.39, 0.29) is 22.5 Å². The fourth-order valence-electron chi connectivity index (χ4n) is 4.56. The number of urea groups is 1. The SMILES string of the molecule is CC(C)(NC(=O)c1cn(-c2ccc(F)cc2F)c2nc(N3CCNC3=O)ccc2c1=O)c1c(F)cccc1F. The summed E-state index contributed by atoms with van der Waals surface area (Å²) < 4.78 is 58.6. The summed E-state index contributed by atoms with van der Waals surface area (Å²) in [6, 6.07) is 8.30. The molecule has 0 bridgehead atoms. The number of carbonyl (C=O) groups excluding carboxylic acids is 2. The molecule has 3 amide bonds. The first-order chi connectivity index (χ1) is 18.5. The second kappa shape index (κ2) is 9.53. The number of carbonyl (C=O) groups is 2. The minimum Gasteiger partial charge on any atom is -0.343 e. The molecule has 4 aromatic rings. The highest BCUT2D eigenvalue weighted by Gasteiger charge is 2.31. The van der Waals surface area contributed by atoms with Crippen molar-refractivity contribution in [3.63, 3.8) is 0 Å². The van der Waals surface area contributed by atoms with Crippen LogP contribution in [0.3, 0.4) is 0 Å². The summed E-state index contributed by atoms with van der Waals surface area (Å²) in [5.74, 6) is -4.48. The van der Waals surface area contributed by atoms with E-state index in [4.69, 9.17) is 0 Å². The van der Waals surface area contributed by atoms with Gasteiger partial charge >= 0.3 is 6.03 Å². The number of amides is 3. The lowest BCUT2D eigenvalue weighted by Gasteiger charge is -2.28. The van der Waals surface area contributed by atoms with E-state index in [9.17, 15) is 31.9 Å². The summed E-state index contributed by atoms with van der Waals surface area (Å²) in [6.45, 7) is 3.39. The number of anilines is 1. The van der Waals surface area contributed by atoms with E-state index in [1.54, 1.807) is 0 Å². The van der Waals surface area contributed by atoms with Gasteiger partial charge in [-0.3, -0.25) is 19.1 Å². The van der Waals surface area contributed by atoms with E-state index >= 15 is 0 Å². The van der Waals surface area contributed by atoms with Crippen LogP contribution in [0, 0.1) is 23.3 Å². The van der Waals surface area contributed by atoms with Gasteiger partial charge in [-0.15, -0.1) is 0 Å². The highest BCUT2D eigenvalue weighted by Crippen LogP contribution is 2.27. The van der Waals surface area contributed by atoms with E-state index in [1.165, 1.54) is 36.9 Å². The topological polar surface area (TPSA) is 96.3 Å². The molecule has 8 nitrogen and oxygen atoms in total. The first-order valence-electron chi connectivity index (χ1n) is 11.8. The minimum absolute atomic E-state index is 0.0985. The molecular weight excluding hydrogens is 518 g/mol. The van der Waals surface area contributed by atoms with Crippen molar-refractivity contribution < 1.29 is 27.2 Å². The summed E-state index contributed by atoms with van der Waals surface area (Å²) in [5.41, 5.74) is -3.62. The van der Waals surface area contributed by atoms with Crippen LogP contribution in [0.4, 0.5) is 28.2 Å². The summed E-state index contributed by atoms with van der Waals surface area (Å²) in [6.07, 6.45) is 1.02. The highest BCUT2D eigenvalue weighted by atomic mass is 19.1. The largest absolute Gasteiger partial charge is 0.343 e. The average Bonchev–Trinajstić information content (AvgIpc) is 3.29. The number of aromatic nitrogens is 2. The van der Waals surface area contributed by atoms with E-state index in [0.717, 1.165) is 35.0 Å². The van der Waals surface area contributed by atoms with Gasteiger partial charge < -0.3 is 10.6 Å². The Morgan fingerprint density at radius 3 is 2.36 bits per heavy atom. The molecule has 200 valence electrons. The van der Waals surface area contributed by atoms with Gasteiger partial charge in [-0.05, 0) is 50.2 Å². The average molecular weight is 539 g/mol. The molecular formula is C27H21F4N5O3. The van der Waals surface area contributed by atoms with Gasteiger partial charge in [0.2, 0.25) is 5.43 Å². The number of rotatable bonds is 5. The molecule has 0 saturated carbocycles. The number of nitrogens with zero attached hydrogens (tertiary/aromatic N) is 3. The maximum atomic E-state index is 14.9. The standard InChI is InChI=1S/C27H21F4N5O3/c1-27(2,22-17(29)4-3-5-18(22)30)34-25(38)16-13-36(20-8-6-14(28)12-19(20)31)24-15(23(16)37)7-9-21(33-24)35-11-10-32-26(35)39/h3-9,12-13H,10-11H2,1-2H3,(H,32,39)(H,34,38). The predicted molar refractivity (Wildman–Crippen MR) is 135 cm³/mol. The Kier molecular flexibility index (Phi) is 6.33. The molecule has 2 aromatic carbocycles. The van der Waals surface area contributed by atoms with Gasteiger partial charge in [0.1, 0.15) is 34.7 Å². The number of benzene rings is 2. The fraction of sp³-hybridized carbons (Fsp3) is 0.185. The van der Waals surface area contributed by atoms with E-state index < -0.39 is 57.3 Å². The number of nitrogens with one attached hydrogen (secondary N) is 2. The third-order valence-electron chi connectivity index (χ3n) is 6.40. The Balaban J connectivity index is 1.68. The number of halogens is 4. The Bertz CT molecular complexity index is 1700. The van der Waals surface area contributed by atoms with Gasteiger partial charge in [-0.1, -0.05) is 6.07 Å². The molecule has 1 fully saturated rings. The van der Waals surface area contributed by atoms with Gasteiger partial charge in [0.15, 0.2) is 5.65 Å². The molecule has 5 rings (SSSR count). The van der Waals surface area contributed by atoms with Crippen LogP contribution in [0.2, 0.25) is 0 Å². The zero-order valence-corrected chi connectivity index (χ0v) is 20.7. The van der Waals surface area contributed by atoms with E-state index in [2.05, 4.69) is 15.6 Å². The first kappa shape index (κ1) is 25.9. The van der Waals surface area contributed by atoms with Gasteiger partial charge in [0.25, 0.3) is 5.91 Å². The Labute approximate surface area is 218 Å². The second-order valence-corrected chi connectivity index (χ2v) is 9.44. The molecule has 1 aliphatic heterocycles. The normalized spacial score (nSPS) is 13.6. The molecule has 0 radical (unpaired) electrons. The van der Waals surface area contributed by atoms with Crippen molar-refractivity contribution >= 4 is 28.8 Å². The lowest BCUT2D eigenvalue weighted by molar-refractivity contribution is 0.0908. The van der Waals surface area contributed by atoms with Crippen LogP contribution in [-0.4, -0.2) is 34.6 Å². The number of hydrogen-bond acceptors (Lipinski definition) is 4. The molecule has 0 unspecified atom stereocenters. The lowest BCUT2D eigenvalue weighted by Crippen LogP contribution is -2.44. The third kappa shape index (κ3) is 4.58. The van der Waals surface area contributed by atoms with Crippen LogP contribution < -0.4 is 21.0 Å². The summed E-state index contributed by atoms with van der Waals surface area (Å²) in [7, 11) is 0. The monoisotopic (exact) mass is 539 g/mol. The lowest BCUT2D eigenvalue weighted by atomic mass is 9.92. The molecule has 3 heterocycles. The Morgan fingerprint density at radius 1 is 1.00 bits per heavy atom. The smallest absolute Gasteiger partial charge is 0.323 e. The maximum Gasteiger partial charge on any atom is 0.323 e. The first-order valence-corrected chi connectivity index (χ1v) is 11.8. The third-order valence-corrected chi connectivity index (χ3v) is 6.40. The van der Waals surface area contributed by atoms with Crippen molar-refractivity contribution in [2.75, 3.05) is 18.0 Å². The Morgan fingerprint density at radius 2 is 1.72 bits per heavy atom. The van der Waals surface area contributed by atoms with Crippen molar-refractivity contribution in [3.05, 3.63) is 99.3 Å². The van der Waals surface area contributed by atoms with Crippen molar-refractivity contribution in [3.8, 4) is 5.69 Å². The maximum absolute atomic E-state index is 14.9. The molecule has 1 saturated heterocycles. The van der Waals surface area contributed by atoms with E-state index in [1.807, 2.05) is 0 Å². The molecule has 2 N–H and O–H groups in total. The minimum atomic E-state index is -1.59. The second-order valence-electron chi connectivity index (χ2n) is 9.44. The van der Waals surface area contributed by atoms with Crippen molar-refractivity contribution in [2.45, 2.75) is 19.4 Å². The molecule has 1 aliphatic rings. The molecule has 0 spiro atoms. The zero-order valence-electron chi connectivity index (χ0n) is 20.7. The summed E-state index contributed by atoms with van der Waals surface area (Å²) >= 11 is 0. The van der Waals surface area contributed by atoms with Crippen molar-refractivity contribution in [1.82, 2.24) is 20.2 Å². The van der Waals surface area contributed by atoms with Gasteiger partial charge in [-0.2, -0.15) is 0 Å². The number of pyridine rings is 2. The Hall–Kier alpha value is -4.74. The quantitative estimate of drug-likeness (QED) is 0.373.